The fraction of sp³-hybridized carbons (Fsp3) is 0.263. The Balaban J connectivity index is 1.70. The van der Waals surface area contributed by atoms with Gasteiger partial charge in [0.2, 0.25) is 18.2 Å². The van der Waals surface area contributed by atoms with Crippen molar-refractivity contribution in [3.05, 3.63) is 58.6 Å². The monoisotopic (exact) mass is 418 g/mol. The minimum atomic E-state index is -0.491. The van der Waals surface area contributed by atoms with Crippen molar-refractivity contribution >= 4 is 46.5 Å². The molecule has 1 atom stereocenters. The van der Waals surface area contributed by atoms with Crippen LogP contribution in [0.3, 0.4) is 0 Å². The maximum Gasteiger partial charge on any atom is 0.222 e. The predicted molar refractivity (Wildman–Crippen MR) is 114 cm³/mol. The molecule has 0 aliphatic carbocycles. The van der Waals surface area contributed by atoms with Gasteiger partial charge in [0.25, 0.3) is 0 Å². The minimum Gasteiger partial charge on any atom is -0.378 e. The Kier molecular flexibility index (Phi) is 5.57. The first kappa shape index (κ1) is 18.9. The van der Waals surface area contributed by atoms with Crippen molar-refractivity contribution in [3.63, 3.8) is 0 Å². The lowest BCUT2D eigenvalue weighted by atomic mass is 10.2. The number of nitrogens with two attached hydrogens (primary N) is 1. The van der Waals surface area contributed by atoms with Gasteiger partial charge >= 0.3 is 0 Å². The number of hydrogen-bond acceptors (Lipinski definition) is 7. The average Bonchev–Trinajstić information content (AvgIpc) is 2.72. The second-order valence-corrected chi connectivity index (χ2v) is 7.17. The molecule has 9 heteroatoms. The molecule has 146 valence electrons. The maximum absolute atomic E-state index is 6.17. The fourth-order valence-electron chi connectivity index (χ4n) is 3.14. The first-order valence-corrected chi connectivity index (χ1v) is 9.68. The molecule has 0 amide bonds. The Hall–Kier alpha value is -2.48. The lowest BCUT2D eigenvalue weighted by molar-refractivity contribution is 0.0671. The van der Waals surface area contributed by atoms with Gasteiger partial charge in [-0.3, -0.25) is 4.90 Å². The molecule has 4 rings (SSSR count). The molecule has 0 bridgehead atoms. The molecule has 28 heavy (non-hydrogen) atoms. The van der Waals surface area contributed by atoms with Crippen molar-refractivity contribution in [1.82, 2.24) is 4.90 Å². The summed E-state index contributed by atoms with van der Waals surface area (Å²) in [4.78, 5) is 13.2. The van der Waals surface area contributed by atoms with Gasteiger partial charge in [-0.05, 0) is 30.3 Å². The molecule has 2 aliphatic heterocycles. The number of rotatable bonds is 3. The van der Waals surface area contributed by atoms with Crippen LogP contribution in [-0.4, -0.2) is 49.4 Å². The summed E-state index contributed by atoms with van der Waals surface area (Å²) in [6.45, 7) is 2.75. The van der Waals surface area contributed by atoms with Crippen LogP contribution in [0.2, 0.25) is 10.0 Å². The lowest BCUT2D eigenvalue weighted by Gasteiger charge is -2.41. The molecule has 2 aromatic rings. The third-order valence-electron chi connectivity index (χ3n) is 4.47. The van der Waals surface area contributed by atoms with Crippen molar-refractivity contribution in [2.24, 2.45) is 15.7 Å². The van der Waals surface area contributed by atoms with Gasteiger partial charge in [0, 0.05) is 24.5 Å². The topological polar surface area (TPSA) is 78.5 Å². The van der Waals surface area contributed by atoms with Crippen molar-refractivity contribution in [2.75, 3.05) is 36.5 Å². The van der Waals surface area contributed by atoms with E-state index in [0.29, 0.717) is 23.3 Å². The molecule has 1 saturated heterocycles. The van der Waals surface area contributed by atoms with Gasteiger partial charge in [0.05, 0.1) is 23.3 Å². The zero-order valence-electron chi connectivity index (χ0n) is 15.1. The summed E-state index contributed by atoms with van der Waals surface area (Å²) in [6, 6.07) is 15.3. The molecule has 2 aliphatic rings. The Morgan fingerprint density at radius 2 is 1.79 bits per heavy atom. The summed E-state index contributed by atoms with van der Waals surface area (Å²) in [7, 11) is 0. The van der Waals surface area contributed by atoms with Gasteiger partial charge in [-0.25, -0.2) is 4.99 Å². The quantitative estimate of drug-likeness (QED) is 0.799. The van der Waals surface area contributed by atoms with E-state index < -0.39 is 6.29 Å². The van der Waals surface area contributed by atoms with Crippen LogP contribution in [0.15, 0.2) is 58.5 Å². The first-order chi connectivity index (χ1) is 13.6. The second kappa shape index (κ2) is 8.26. The van der Waals surface area contributed by atoms with E-state index in [1.807, 2.05) is 41.3 Å². The van der Waals surface area contributed by atoms with Crippen LogP contribution in [0.25, 0.3) is 0 Å². The van der Waals surface area contributed by atoms with E-state index in [9.17, 15) is 0 Å². The van der Waals surface area contributed by atoms with Crippen molar-refractivity contribution < 1.29 is 4.74 Å². The number of benzene rings is 2. The van der Waals surface area contributed by atoms with Crippen LogP contribution in [0, 0.1) is 0 Å². The molecule has 1 unspecified atom stereocenters. The highest BCUT2D eigenvalue weighted by molar-refractivity contribution is 6.42. The predicted octanol–water partition coefficient (Wildman–Crippen LogP) is 3.21. The average molecular weight is 419 g/mol. The fourth-order valence-corrected chi connectivity index (χ4v) is 3.44. The molecule has 0 saturated carbocycles. The van der Waals surface area contributed by atoms with Gasteiger partial charge in [0.1, 0.15) is 0 Å². The second-order valence-electron chi connectivity index (χ2n) is 6.35. The minimum absolute atomic E-state index is 0.214. The van der Waals surface area contributed by atoms with Crippen molar-refractivity contribution in [3.8, 4) is 0 Å². The van der Waals surface area contributed by atoms with Gasteiger partial charge < -0.3 is 20.7 Å². The van der Waals surface area contributed by atoms with E-state index in [4.69, 9.17) is 33.7 Å². The lowest BCUT2D eigenvalue weighted by Crippen LogP contribution is -2.57. The largest absolute Gasteiger partial charge is 0.378 e. The van der Waals surface area contributed by atoms with E-state index in [2.05, 4.69) is 20.2 Å². The summed E-state index contributed by atoms with van der Waals surface area (Å²) >= 11 is 12.2. The number of ether oxygens (including phenoxy) is 1. The number of aliphatic imine (C=N–C) groups is 2. The van der Waals surface area contributed by atoms with Crippen LogP contribution >= 0.6 is 23.2 Å². The highest BCUT2D eigenvalue weighted by atomic mass is 35.5. The van der Waals surface area contributed by atoms with E-state index in [1.54, 1.807) is 12.1 Å². The SMILES string of the molecule is NC1=NC(Nc2ccc(Cl)c(Cl)c2)N(c2ccccc2)C(N2CCOCC2)=N1. The molecule has 2 heterocycles. The van der Waals surface area contributed by atoms with E-state index in [-0.39, 0.29) is 5.96 Å². The van der Waals surface area contributed by atoms with E-state index in [0.717, 1.165) is 30.4 Å². The van der Waals surface area contributed by atoms with Crippen LogP contribution in [0.1, 0.15) is 0 Å². The van der Waals surface area contributed by atoms with E-state index in [1.165, 1.54) is 0 Å². The molecular weight excluding hydrogens is 399 g/mol. The van der Waals surface area contributed by atoms with Gasteiger partial charge in [-0.2, -0.15) is 4.99 Å². The van der Waals surface area contributed by atoms with Crippen LogP contribution in [-0.2, 0) is 4.74 Å². The molecular formula is C19H20Cl2N6O. The molecule has 7 nitrogen and oxygen atoms in total. The number of morpholine rings is 1. The highest BCUT2D eigenvalue weighted by Gasteiger charge is 2.32. The van der Waals surface area contributed by atoms with Crippen LogP contribution in [0.5, 0.6) is 0 Å². The number of guanidine groups is 2. The third kappa shape index (κ3) is 4.01. The van der Waals surface area contributed by atoms with Gasteiger partial charge in [-0.1, -0.05) is 41.4 Å². The standard InChI is InChI=1S/C19H20Cl2N6O/c20-15-7-6-13(12-16(15)21)23-18-24-17(22)25-19(26-8-10-28-11-9-26)27(18)14-4-2-1-3-5-14/h1-7,12,18,23H,8-11H2,(H2,22,24). The summed E-state index contributed by atoms with van der Waals surface area (Å²) in [5, 5.41) is 4.33. The Bertz CT molecular complexity index is 899. The summed E-state index contributed by atoms with van der Waals surface area (Å²) in [5.41, 5.74) is 7.78. The number of hydrogen-bond donors (Lipinski definition) is 2. The zero-order chi connectivity index (χ0) is 19.5. The van der Waals surface area contributed by atoms with E-state index >= 15 is 0 Å². The molecule has 0 spiro atoms. The van der Waals surface area contributed by atoms with Crippen LogP contribution < -0.4 is 16.0 Å². The zero-order valence-corrected chi connectivity index (χ0v) is 16.6. The Labute approximate surface area is 173 Å². The van der Waals surface area contributed by atoms with Crippen LogP contribution in [0.4, 0.5) is 11.4 Å². The van der Waals surface area contributed by atoms with Gasteiger partial charge in [-0.15, -0.1) is 0 Å². The molecule has 1 fully saturated rings. The van der Waals surface area contributed by atoms with Crippen molar-refractivity contribution in [1.29, 1.82) is 0 Å². The number of para-hydroxylation sites is 1. The Morgan fingerprint density at radius 3 is 2.50 bits per heavy atom. The number of anilines is 2. The normalized spacial score (nSPS) is 19.9. The highest BCUT2D eigenvalue weighted by Crippen LogP contribution is 2.28. The summed E-state index contributed by atoms with van der Waals surface area (Å²) in [5.74, 6) is 0.950. The molecule has 2 aromatic carbocycles. The Morgan fingerprint density at radius 1 is 1.04 bits per heavy atom. The molecule has 3 N–H and O–H groups in total. The molecule has 0 aromatic heterocycles. The number of halogens is 2. The first-order valence-electron chi connectivity index (χ1n) is 8.92. The number of nitrogens with zero attached hydrogens (tertiary/aromatic N) is 4. The van der Waals surface area contributed by atoms with Crippen molar-refractivity contribution in [2.45, 2.75) is 6.29 Å². The third-order valence-corrected chi connectivity index (χ3v) is 5.21. The number of nitrogens with one attached hydrogen (secondary N) is 1. The van der Waals surface area contributed by atoms with Gasteiger partial charge in [0.15, 0.2) is 0 Å². The molecule has 0 radical (unpaired) electrons. The maximum atomic E-state index is 6.17. The smallest absolute Gasteiger partial charge is 0.222 e. The summed E-state index contributed by atoms with van der Waals surface area (Å²) < 4.78 is 5.49. The summed E-state index contributed by atoms with van der Waals surface area (Å²) in [6.07, 6.45) is -0.491.